The minimum atomic E-state index is -0.724. The Kier molecular flexibility index (Phi) is 8.01. The van der Waals surface area contributed by atoms with E-state index < -0.39 is 5.92 Å². The Labute approximate surface area is 219 Å². The number of benzene rings is 2. The number of furan rings is 1. The van der Waals surface area contributed by atoms with Gasteiger partial charge in [-0.25, -0.2) is 0 Å². The van der Waals surface area contributed by atoms with Gasteiger partial charge >= 0.3 is 0 Å². The second-order valence-electron chi connectivity index (χ2n) is 8.36. The number of anilines is 2. The molecule has 0 saturated carbocycles. The summed E-state index contributed by atoms with van der Waals surface area (Å²) in [7, 11) is 1.58. The first-order valence-corrected chi connectivity index (χ1v) is 12.5. The summed E-state index contributed by atoms with van der Waals surface area (Å²) in [6.45, 7) is 3.71. The first kappa shape index (κ1) is 25.7. The molecule has 1 aliphatic rings. The molecule has 4 rings (SSSR count). The number of aryl methyl sites for hydroxylation is 1. The molecular weight excluding hydrogens is 488 g/mol. The van der Waals surface area contributed by atoms with E-state index in [9.17, 15) is 14.9 Å². The summed E-state index contributed by atoms with van der Waals surface area (Å²) in [5.41, 5.74) is 3.55. The zero-order valence-corrected chi connectivity index (χ0v) is 21.4. The molecule has 2 aromatic carbocycles. The van der Waals surface area contributed by atoms with Gasteiger partial charge in [0.15, 0.2) is 0 Å². The number of carbonyl (C=O) groups excluding carboxylic acids is 2. The Morgan fingerprint density at radius 2 is 1.86 bits per heavy atom. The molecule has 0 saturated heterocycles. The van der Waals surface area contributed by atoms with Crippen molar-refractivity contribution in [3.8, 4) is 11.8 Å². The van der Waals surface area contributed by atoms with Crippen LogP contribution in [0.5, 0.6) is 5.75 Å². The number of ether oxygens (including phenoxy) is 1. The second-order valence-corrected chi connectivity index (χ2v) is 9.34. The number of dihydropyridines is 1. The fraction of sp³-hybridized carbons (Fsp3) is 0.179. The fourth-order valence-electron chi connectivity index (χ4n) is 4.00. The molecule has 0 radical (unpaired) electrons. The van der Waals surface area contributed by atoms with Crippen LogP contribution in [0.4, 0.5) is 11.4 Å². The van der Waals surface area contributed by atoms with Crippen molar-refractivity contribution in [3.63, 3.8) is 0 Å². The normalized spacial score (nSPS) is 15.0. The van der Waals surface area contributed by atoms with Crippen LogP contribution in [0, 0.1) is 18.3 Å². The summed E-state index contributed by atoms with van der Waals surface area (Å²) in [5.74, 6) is -0.0865. The van der Waals surface area contributed by atoms with E-state index in [0.29, 0.717) is 44.8 Å². The van der Waals surface area contributed by atoms with Gasteiger partial charge in [0.25, 0.3) is 5.91 Å². The number of methoxy groups -OCH3 is 1. The average Bonchev–Trinajstić information content (AvgIpc) is 3.42. The number of nitrogens with one attached hydrogen (secondary N) is 3. The maximum absolute atomic E-state index is 13.4. The highest BCUT2D eigenvalue weighted by molar-refractivity contribution is 8.03. The van der Waals surface area contributed by atoms with Crippen molar-refractivity contribution in [1.29, 1.82) is 5.26 Å². The van der Waals surface area contributed by atoms with Crippen LogP contribution in [0.2, 0.25) is 0 Å². The lowest BCUT2D eigenvalue weighted by Crippen LogP contribution is -2.31. The Hall–Kier alpha value is -4.42. The highest BCUT2D eigenvalue weighted by atomic mass is 32.2. The molecule has 188 valence electrons. The topological polar surface area (TPSA) is 116 Å². The van der Waals surface area contributed by atoms with E-state index in [1.165, 1.54) is 18.0 Å². The molecule has 8 nitrogen and oxygen atoms in total. The molecular formula is C28H26N4O4S. The van der Waals surface area contributed by atoms with Crippen molar-refractivity contribution in [2.75, 3.05) is 23.5 Å². The van der Waals surface area contributed by atoms with E-state index in [0.717, 1.165) is 5.56 Å². The van der Waals surface area contributed by atoms with Gasteiger partial charge in [-0.1, -0.05) is 23.9 Å². The van der Waals surface area contributed by atoms with Crippen molar-refractivity contribution in [1.82, 2.24) is 5.32 Å². The zero-order chi connectivity index (χ0) is 26.4. The van der Waals surface area contributed by atoms with Crippen LogP contribution >= 0.6 is 11.8 Å². The van der Waals surface area contributed by atoms with Crippen LogP contribution < -0.4 is 20.7 Å². The zero-order valence-electron chi connectivity index (χ0n) is 20.6. The van der Waals surface area contributed by atoms with Crippen LogP contribution in [-0.2, 0) is 9.59 Å². The van der Waals surface area contributed by atoms with Gasteiger partial charge in [0.05, 0.1) is 47.3 Å². The maximum Gasteiger partial charge on any atom is 0.254 e. The number of allylic oxidation sites excluding steroid dienone is 2. The second kappa shape index (κ2) is 11.5. The van der Waals surface area contributed by atoms with Gasteiger partial charge in [0.1, 0.15) is 11.5 Å². The minimum absolute atomic E-state index is 0.0581. The monoisotopic (exact) mass is 514 g/mol. The van der Waals surface area contributed by atoms with E-state index in [1.54, 1.807) is 50.4 Å². The van der Waals surface area contributed by atoms with E-state index >= 15 is 0 Å². The molecule has 1 aliphatic heterocycles. The summed E-state index contributed by atoms with van der Waals surface area (Å²) in [5, 5.41) is 19.6. The molecule has 0 bridgehead atoms. The van der Waals surface area contributed by atoms with Crippen LogP contribution in [0.1, 0.15) is 24.2 Å². The van der Waals surface area contributed by atoms with E-state index in [4.69, 9.17) is 9.15 Å². The van der Waals surface area contributed by atoms with Crippen molar-refractivity contribution >= 4 is 35.0 Å². The summed E-state index contributed by atoms with van der Waals surface area (Å²) in [6, 6.07) is 20.2. The van der Waals surface area contributed by atoms with Crippen LogP contribution in [0.3, 0.4) is 0 Å². The summed E-state index contributed by atoms with van der Waals surface area (Å²) < 4.78 is 10.8. The smallest absolute Gasteiger partial charge is 0.254 e. The molecule has 37 heavy (non-hydrogen) atoms. The average molecular weight is 515 g/mol. The number of thioether (sulfide) groups is 1. The third kappa shape index (κ3) is 6.05. The number of hydrogen-bond acceptors (Lipinski definition) is 7. The van der Waals surface area contributed by atoms with Gasteiger partial charge in [-0.15, -0.1) is 0 Å². The highest BCUT2D eigenvalue weighted by Gasteiger charge is 2.36. The van der Waals surface area contributed by atoms with Crippen LogP contribution in [-0.4, -0.2) is 24.7 Å². The highest BCUT2D eigenvalue weighted by Crippen LogP contribution is 2.41. The Balaban J connectivity index is 1.55. The summed E-state index contributed by atoms with van der Waals surface area (Å²) >= 11 is 1.19. The molecule has 9 heteroatoms. The van der Waals surface area contributed by atoms with Crippen molar-refractivity contribution < 1.29 is 18.7 Å². The predicted molar refractivity (Wildman–Crippen MR) is 144 cm³/mol. The lowest BCUT2D eigenvalue weighted by Gasteiger charge is -2.28. The van der Waals surface area contributed by atoms with E-state index in [2.05, 4.69) is 22.0 Å². The molecule has 2 heterocycles. The molecule has 1 atom stereocenters. The number of hydrogen-bond donors (Lipinski definition) is 3. The Bertz CT molecular complexity index is 1400. The van der Waals surface area contributed by atoms with Gasteiger partial charge in [-0.2, -0.15) is 5.26 Å². The van der Waals surface area contributed by atoms with Crippen LogP contribution in [0.15, 0.2) is 93.2 Å². The molecule has 0 spiro atoms. The van der Waals surface area contributed by atoms with E-state index in [-0.39, 0.29) is 17.6 Å². The lowest BCUT2D eigenvalue weighted by molar-refractivity contribution is -0.114. The van der Waals surface area contributed by atoms with Crippen LogP contribution in [0.25, 0.3) is 0 Å². The quantitative estimate of drug-likeness (QED) is 0.373. The molecule has 3 aromatic rings. The van der Waals surface area contributed by atoms with Gasteiger partial charge < -0.3 is 25.1 Å². The van der Waals surface area contributed by atoms with Gasteiger partial charge in [-0.05, 0) is 67.9 Å². The van der Waals surface area contributed by atoms with Gasteiger partial charge in [-0.3, -0.25) is 9.59 Å². The van der Waals surface area contributed by atoms with Crippen molar-refractivity contribution in [3.05, 3.63) is 100 Å². The number of carbonyl (C=O) groups is 2. The van der Waals surface area contributed by atoms with E-state index in [1.807, 2.05) is 31.2 Å². The fourth-order valence-corrected chi connectivity index (χ4v) is 4.89. The number of nitriles is 1. The number of amides is 2. The third-order valence-corrected chi connectivity index (χ3v) is 6.73. The summed E-state index contributed by atoms with van der Waals surface area (Å²) in [4.78, 5) is 26.0. The molecule has 1 aromatic heterocycles. The molecule has 2 amide bonds. The summed E-state index contributed by atoms with van der Waals surface area (Å²) in [6.07, 6.45) is 1.51. The molecule has 1 unspecified atom stereocenters. The Morgan fingerprint density at radius 1 is 1.08 bits per heavy atom. The van der Waals surface area contributed by atoms with Gasteiger partial charge in [0.2, 0.25) is 5.91 Å². The van der Waals surface area contributed by atoms with Crippen molar-refractivity contribution in [2.45, 2.75) is 19.8 Å². The van der Waals surface area contributed by atoms with Crippen molar-refractivity contribution in [2.24, 2.45) is 0 Å². The molecule has 0 aliphatic carbocycles. The first-order valence-electron chi connectivity index (χ1n) is 11.5. The van der Waals surface area contributed by atoms with Gasteiger partial charge in [0, 0.05) is 17.1 Å². The minimum Gasteiger partial charge on any atom is -0.497 e. The Morgan fingerprint density at radius 3 is 2.51 bits per heavy atom. The maximum atomic E-state index is 13.4. The number of nitrogens with zero attached hydrogens (tertiary/aromatic N) is 1. The standard InChI is InChI=1S/C28H26N4O4S/c1-17-6-4-7-20(14-17)32-27(34)25-18(2)30-28(22(15-29)26(25)23-8-5-13-36-23)37-16-24(33)31-19-9-11-21(35-3)12-10-19/h4-14,26,30H,16H2,1-3H3,(H,31,33)(H,32,34). The largest absolute Gasteiger partial charge is 0.497 e. The third-order valence-electron chi connectivity index (χ3n) is 5.72. The lowest BCUT2D eigenvalue weighted by atomic mass is 9.85. The first-order chi connectivity index (χ1) is 17.9. The number of rotatable bonds is 8. The SMILES string of the molecule is COc1ccc(NC(=O)CSC2=C(C#N)C(c3ccco3)C(C(=O)Nc3cccc(C)c3)=C(C)N2)cc1. The molecule has 3 N–H and O–H groups in total. The molecule has 0 fully saturated rings. The predicted octanol–water partition coefficient (Wildman–Crippen LogP) is 5.30.